The molecule has 0 aliphatic heterocycles. The molecule has 8 heteroatoms. The Morgan fingerprint density at radius 2 is 2.06 bits per heavy atom. The van der Waals surface area contributed by atoms with Gasteiger partial charge < -0.3 is 5.11 Å². The molecule has 0 spiro atoms. The van der Waals surface area contributed by atoms with Gasteiger partial charge in [0.2, 0.25) is 0 Å². The number of nitro benzene ring substituents is 1. The van der Waals surface area contributed by atoms with Crippen LogP contribution in [0.3, 0.4) is 0 Å². The molecule has 1 aromatic rings. The minimum Gasteiger partial charge on any atom is -0.477 e. The summed E-state index contributed by atoms with van der Waals surface area (Å²) in [7, 11) is 0. The van der Waals surface area contributed by atoms with Gasteiger partial charge in [-0.3, -0.25) is 10.1 Å². The van der Waals surface area contributed by atoms with Gasteiger partial charge >= 0.3 is 11.9 Å². The van der Waals surface area contributed by atoms with Crippen LogP contribution >= 0.6 is 0 Å². The van der Waals surface area contributed by atoms with Gasteiger partial charge in [-0.2, -0.15) is 8.78 Å². The zero-order valence-corrected chi connectivity index (χ0v) is 8.19. The van der Waals surface area contributed by atoms with Crippen molar-refractivity contribution in [1.82, 2.24) is 0 Å². The molecule has 17 heavy (non-hydrogen) atoms. The van der Waals surface area contributed by atoms with E-state index < -0.39 is 40.3 Å². The highest BCUT2D eigenvalue weighted by Gasteiger charge is 2.39. The summed E-state index contributed by atoms with van der Waals surface area (Å²) in [5.74, 6) is -7.73. The highest BCUT2D eigenvalue weighted by atomic mass is 19.3. The van der Waals surface area contributed by atoms with Crippen LogP contribution in [0.15, 0.2) is 18.2 Å². The molecule has 0 heterocycles. The number of aliphatic carboxylic acids is 1. The van der Waals surface area contributed by atoms with Crippen molar-refractivity contribution in [3.8, 4) is 0 Å². The van der Waals surface area contributed by atoms with Crippen LogP contribution in [0.1, 0.15) is 5.56 Å². The Morgan fingerprint density at radius 3 is 2.47 bits per heavy atom. The first-order valence-corrected chi connectivity index (χ1v) is 4.28. The number of non-ortho nitro benzene ring substituents is 1. The highest BCUT2D eigenvalue weighted by Crippen LogP contribution is 2.24. The van der Waals surface area contributed by atoms with Gasteiger partial charge in [0.1, 0.15) is 5.82 Å². The molecular formula is C9H6F3NO4. The van der Waals surface area contributed by atoms with Gasteiger partial charge in [-0.05, 0) is 11.6 Å². The van der Waals surface area contributed by atoms with Crippen molar-refractivity contribution in [2.45, 2.75) is 12.3 Å². The topological polar surface area (TPSA) is 80.4 Å². The van der Waals surface area contributed by atoms with Crippen LogP contribution in [0.25, 0.3) is 0 Å². The van der Waals surface area contributed by atoms with Crippen molar-refractivity contribution >= 4 is 11.7 Å². The van der Waals surface area contributed by atoms with Crippen LogP contribution in [0.5, 0.6) is 0 Å². The fourth-order valence-corrected chi connectivity index (χ4v) is 1.11. The van der Waals surface area contributed by atoms with E-state index >= 15 is 0 Å². The summed E-state index contributed by atoms with van der Waals surface area (Å²) < 4.78 is 38.7. The van der Waals surface area contributed by atoms with E-state index in [0.29, 0.717) is 6.07 Å². The monoisotopic (exact) mass is 249 g/mol. The molecule has 0 bridgehead atoms. The van der Waals surface area contributed by atoms with Gasteiger partial charge in [0.25, 0.3) is 5.69 Å². The Bertz CT molecular complexity index is 475. The lowest BCUT2D eigenvalue weighted by atomic mass is 10.1. The third-order valence-corrected chi connectivity index (χ3v) is 1.97. The molecule has 92 valence electrons. The van der Waals surface area contributed by atoms with Crippen LogP contribution in [-0.2, 0) is 11.2 Å². The lowest BCUT2D eigenvalue weighted by Gasteiger charge is -2.11. The minimum atomic E-state index is -4.11. The third kappa shape index (κ3) is 2.92. The normalized spacial score (nSPS) is 11.2. The first-order valence-electron chi connectivity index (χ1n) is 4.28. The first kappa shape index (κ1) is 12.9. The number of carboxylic acids is 1. The van der Waals surface area contributed by atoms with Crippen LogP contribution in [0.4, 0.5) is 18.9 Å². The van der Waals surface area contributed by atoms with E-state index in [0.717, 1.165) is 12.1 Å². The van der Waals surface area contributed by atoms with Crippen molar-refractivity contribution in [3.05, 3.63) is 39.7 Å². The molecular weight excluding hydrogens is 243 g/mol. The highest BCUT2D eigenvalue weighted by molar-refractivity contribution is 5.75. The number of nitro groups is 1. The molecule has 0 amide bonds. The van der Waals surface area contributed by atoms with Gasteiger partial charge in [-0.1, -0.05) is 0 Å². The van der Waals surface area contributed by atoms with Gasteiger partial charge in [-0.25, -0.2) is 9.18 Å². The summed E-state index contributed by atoms with van der Waals surface area (Å²) in [5, 5.41) is 18.4. The Kier molecular flexibility index (Phi) is 3.35. The van der Waals surface area contributed by atoms with E-state index in [2.05, 4.69) is 0 Å². The molecule has 1 N–H and O–H groups in total. The second-order valence-corrected chi connectivity index (χ2v) is 3.22. The SMILES string of the molecule is O=C(O)C(F)(F)Cc1ccc([N+](=O)[O-])cc1F. The molecule has 0 aliphatic rings. The smallest absolute Gasteiger partial charge is 0.374 e. The Labute approximate surface area is 92.6 Å². The number of nitrogens with zero attached hydrogens (tertiary/aromatic N) is 1. The molecule has 0 fully saturated rings. The van der Waals surface area contributed by atoms with E-state index in [9.17, 15) is 28.1 Å². The number of alkyl halides is 2. The summed E-state index contributed by atoms with van der Waals surface area (Å²) in [6, 6.07) is 2.06. The maximum absolute atomic E-state index is 13.2. The molecule has 5 nitrogen and oxygen atoms in total. The van der Waals surface area contributed by atoms with Crippen molar-refractivity contribution < 1.29 is 28.0 Å². The van der Waals surface area contributed by atoms with Crippen molar-refractivity contribution in [3.63, 3.8) is 0 Å². The van der Waals surface area contributed by atoms with Crippen molar-refractivity contribution in [1.29, 1.82) is 0 Å². The fourth-order valence-electron chi connectivity index (χ4n) is 1.11. The molecule has 0 aliphatic carbocycles. The average molecular weight is 249 g/mol. The van der Waals surface area contributed by atoms with E-state index in [4.69, 9.17) is 5.11 Å². The van der Waals surface area contributed by atoms with Gasteiger partial charge in [0.05, 0.1) is 17.4 Å². The van der Waals surface area contributed by atoms with Crippen molar-refractivity contribution in [2.75, 3.05) is 0 Å². The number of carboxylic acid groups (broad SMARTS) is 1. The molecule has 0 aromatic heterocycles. The Morgan fingerprint density at radius 1 is 1.47 bits per heavy atom. The zero-order valence-electron chi connectivity index (χ0n) is 8.19. The molecule has 1 rings (SSSR count). The molecule has 0 saturated carbocycles. The van der Waals surface area contributed by atoms with Gasteiger partial charge in [0.15, 0.2) is 0 Å². The van der Waals surface area contributed by atoms with E-state index in [-0.39, 0.29) is 0 Å². The molecule has 0 unspecified atom stereocenters. The minimum absolute atomic E-state index is 0.466. The number of hydrogen-bond acceptors (Lipinski definition) is 3. The van der Waals surface area contributed by atoms with E-state index in [1.165, 1.54) is 0 Å². The predicted octanol–water partition coefficient (Wildman–Crippen LogP) is 2.00. The maximum atomic E-state index is 13.2. The standard InChI is InChI=1S/C9H6F3NO4/c10-7-3-6(13(16)17)2-1-5(7)4-9(11,12)8(14)15/h1-3H,4H2,(H,14,15). The molecule has 1 aromatic carbocycles. The molecule has 0 saturated heterocycles. The summed E-state index contributed by atoms with van der Waals surface area (Å²) in [4.78, 5) is 19.5. The number of rotatable bonds is 4. The average Bonchev–Trinajstić information content (AvgIpc) is 2.20. The molecule has 0 radical (unpaired) electrons. The maximum Gasteiger partial charge on any atom is 0.374 e. The quantitative estimate of drug-likeness (QED) is 0.653. The van der Waals surface area contributed by atoms with Crippen LogP contribution in [0.2, 0.25) is 0 Å². The van der Waals surface area contributed by atoms with Gasteiger partial charge in [0, 0.05) is 6.07 Å². The Balaban J connectivity index is 3.02. The fraction of sp³-hybridized carbons (Fsp3) is 0.222. The summed E-state index contributed by atoms with van der Waals surface area (Å²) in [6.45, 7) is 0. The lowest BCUT2D eigenvalue weighted by molar-refractivity contribution is -0.385. The van der Waals surface area contributed by atoms with Crippen molar-refractivity contribution in [2.24, 2.45) is 0 Å². The first-order chi connectivity index (χ1) is 7.74. The summed E-state index contributed by atoms with van der Waals surface area (Å²) >= 11 is 0. The van der Waals surface area contributed by atoms with Crippen LogP contribution in [0, 0.1) is 15.9 Å². The van der Waals surface area contributed by atoms with Gasteiger partial charge in [-0.15, -0.1) is 0 Å². The molecule has 0 atom stereocenters. The third-order valence-electron chi connectivity index (χ3n) is 1.97. The Hall–Kier alpha value is -2.12. The second-order valence-electron chi connectivity index (χ2n) is 3.22. The number of halogens is 3. The number of carbonyl (C=O) groups is 1. The number of benzene rings is 1. The zero-order chi connectivity index (χ0) is 13.2. The largest absolute Gasteiger partial charge is 0.477 e. The summed E-state index contributed by atoms with van der Waals surface area (Å²) in [5.41, 5.74) is -1.19. The van der Waals surface area contributed by atoms with Crippen LogP contribution in [-0.4, -0.2) is 21.9 Å². The lowest BCUT2D eigenvalue weighted by Crippen LogP contribution is -2.31. The second kappa shape index (κ2) is 4.40. The number of hydrogen-bond donors (Lipinski definition) is 1. The van der Waals surface area contributed by atoms with E-state index in [1.807, 2.05) is 0 Å². The van der Waals surface area contributed by atoms with E-state index in [1.54, 1.807) is 0 Å². The predicted molar refractivity (Wildman–Crippen MR) is 49.3 cm³/mol. The van der Waals surface area contributed by atoms with Crippen LogP contribution < -0.4 is 0 Å². The summed E-state index contributed by atoms with van der Waals surface area (Å²) in [6.07, 6.45) is -1.35.